The van der Waals surface area contributed by atoms with Gasteiger partial charge < -0.3 is 19.9 Å². The zero-order valence-electron chi connectivity index (χ0n) is 11.8. The van der Waals surface area contributed by atoms with Crippen LogP contribution < -0.4 is 10.2 Å². The number of ether oxygens (including phenoxy) is 1. The van der Waals surface area contributed by atoms with Gasteiger partial charge in [0.05, 0.1) is 12.8 Å². The number of H-pyrrole nitrogens is 1. The number of esters is 1. The number of hydrogen-bond acceptors (Lipinski definition) is 5. The van der Waals surface area contributed by atoms with Gasteiger partial charge in [-0.1, -0.05) is 0 Å². The molecule has 0 amide bonds. The van der Waals surface area contributed by atoms with Gasteiger partial charge in [-0.05, 0) is 23.8 Å². The largest absolute Gasteiger partial charge is 0.464 e. The molecule has 0 spiro atoms. The van der Waals surface area contributed by atoms with Crippen molar-refractivity contribution in [1.82, 2.24) is 9.97 Å². The Morgan fingerprint density at radius 1 is 1.50 bits per heavy atom. The third-order valence-corrected chi connectivity index (χ3v) is 2.84. The average Bonchev–Trinajstić information content (AvgIpc) is 2.93. The Kier molecular flexibility index (Phi) is 4.24. The van der Waals surface area contributed by atoms with E-state index in [2.05, 4.69) is 20.0 Å². The molecular weight excluding hydrogens is 256 g/mol. The fourth-order valence-corrected chi connectivity index (χ4v) is 1.86. The minimum Gasteiger partial charge on any atom is -0.464 e. The molecule has 2 aromatic heterocycles. The zero-order chi connectivity index (χ0) is 14.5. The Morgan fingerprint density at radius 3 is 3.00 bits per heavy atom. The van der Waals surface area contributed by atoms with Crippen LogP contribution in [0.25, 0.3) is 0 Å². The van der Waals surface area contributed by atoms with Gasteiger partial charge in [-0.15, -0.1) is 0 Å². The molecule has 2 N–H and O–H groups in total. The van der Waals surface area contributed by atoms with E-state index >= 15 is 0 Å². The lowest BCUT2D eigenvalue weighted by molar-refractivity contribution is 0.0595. The van der Waals surface area contributed by atoms with Crippen LogP contribution in [0.5, 0.6) is 0 Å². The molecule has 2 aromatic rings. The first kappa shape index (κ1) is 13.9. The molecule has 6 nitrogen and oxygen atoms in total. The molecule has 6 heteroatoms. The lowest BCUT2D eigenvalue weighted by Gasteiger charge is -2.16. The summed E-state index contributed by atoms with van der Waals surface area (Å²) < 4.78 is 4.66. The second-order valence-corrected chi connectivity index (χ2v) is 4.54. The molecule has 0 bridgehead atoms. The van der Waals surface area contributed by atoms with Gasteiger partial charge in [0, 0.05) is 33.0 Å². The van der Waals surface area contributed by atoms with Crippen LogP contribution >= 0.6 is 0 Å². The van der Waals surface area contributed by atoms with Crippen LogP contribution in [0.4, 0.5) is 11.5 Å². The number of methoxy groups -OCH3 is 1. The first-order chi connectivity index (χ1) is 9.61. The van der Waals surface area contributed by atoms with Crippen molar-refractivity contribution in [3.63, 3.8) is 0 Å². The fraction of sp³-hybridized carbons (Fsp3) is 0.286. The van der Waals surface area contributed by atoms with Gasteiger partial charge in [-0.2, -0.15) is 0 Å². The molecule has 2 heterocycles. The molecule has 0 saturated carbocycles. The van der Waals surface area contributed by atoms with Crippen LogP contribution in [0.15, 0.2) is 30.6 Å². The van der Waals surface area contributed by atoms with Crippen LogP contribution in [0.3, 0.4) is 0 Å². The smallest absolute Gasteiger partial charge is 0.354 e. The van der Waals surface area contributed by atoms with Gasteiger partial charge >= 0.3 is 5.97 Å². The number of aromatic amines is 1. The number of nitrogens with zero attached hydrogens (tertiary/aromatic N) is 2. The molecule has 0 unspecified atom stereocenters. The van der Waals surface area contributed by atoms with E-state index < -0.39 is 0 Å². The van der Waals surface area contributed by atoms with Gasteiger partial charge in [0.25, 0.3) is 0 Å². The molecule has 0 fully saturated rings. The van der Waals surface area contributed by atoms with Crippen molar-refractivity contribution in [2.24, 2.45) is 0 Å². The summed E-state index contributed by atoms with van der Waals surface area (Å²) in [6, 6.07) is 5.62. The summed E-state index contributed by atoms with van der Waals surface area (Å²) in [5, 5.41) is 3.30. The van der Waals surface area contributed by atoms with Crippen LogP contribution in [0.1, 0.15) is 16.1 Å². The zero-order valence-corrected chi connectivity index (χ0v) is 11.8. The van der Waals surface area contributed by atoms with Crippen molar-refractivity contribution in [3.05, 3.63) is 41.9 Å². The highest BCUT2D eigenvalue weighted by Crippen LogP contribution is 2.21. The molecule has 20 heavy (non-hydrogen) atoms. The molecule has 0 atom stereocenters. The topological polar surface area (TPSA) is 70.2 Å². The lowest BCUT2D eigenvalue weighted by atomic mass is 10.3. The summed E-state index contributed by atoms with van der Waals surface area (Å²) in [5.74, 6) is 0.503. The van der Waals surface area contributed by atoms with E-state index in [4.69, 9.17) is 0 Å². The van der Waals surface area contributed by atoms with Crippen molar-refractivity contribution < 1.29 is 9.53 Å². The lowest BCUT2D eigenvalue weighted by Crippen LogP contribution is -2.13. The number of rotatable bonds is 5. The highest BCUT2D eigenvalue weighted by Gasteiger charge is 2.09. The Bertz CT molecular complexity index is 592. The molecule has 0 aromatic carbocycles. The monoisotopic (exact) mass is 274 g/mol. The van der Waals surface area contributed by atoms with Crippen LogP contribution in [0.2, 0.25) is 0 Å². The molecular formula is C14H18N4O2. The Morgan fingerprint density at radius 2 is 2.30 bits per heavy atom. The summed E-state index contributed by atoms with van der Waals surface area (Å²) in [6.45, 7) is 0.597. The van der Waals surface area contributed by atoms with Gasteiger partial charge in [0.15, 0.2) is 5.82 Å². The maximum Gasteiger partial charge on any atom is 0.354 e. The van der Waals surface area contributed by atoms with E-state index in [1.54, 1.807) is 18.5 Å². The van der Waals surface area contributed by atoms with Crippen molar-refractivity contribution in [3.8, 4) is 0 Å². The predicted octanol–water partition coefficient (Wildman–Crippen LogP) is 1.87. The van der Waals surface area contributed by atoms with E-state index in [0.29, 0.717) is 12.2 Å². The second kappa shape index (κ2) is 6.10. The third kappa shape index (κ3) is 3.09. The number of anilines is 2. The Hall–Kier alpha value is -2.50. The first-order valence-corrected chi connectivity index (χ1v) is 6.23. The number of hydrogen-bond donors (Lipinski definition) is 2. The standard InChI is InChI=1S/C14H18N4O2/c1-18(2)13-11(5-4-6-15-13)16-8-10-7-12(17-9-10)14(19)20-3/h4-7,9,16-17H,8H2,1-3H3. The minimum absolute atomic E-state index is 0.369. The third-order valence-electron chi connectivity index (χ3n) is 2.84. The van der Waals surface area contributed by atoms with Crippen LogP contribution in [0, 0.1) is 0 Å². The molecule has 0 aliphatic carbocycles. The highest BCUT2D eigenvalue weighted by atomic mass is 16.5. The molecule has 0 aliphatic heterocycles. The summed E-state index contributed by atoms with van der Waals surface area (Å²) in [5.41, 5.74) is 2.36. The van der Waals surface area contributed by atoms with E-state index in [-0.39, 0.29) is 5.97 Å². The molecule has 2 rings (SSSR count). The second-order valence-electron chi connectivity index (χ2n) is 4.54. The maximum atomic E-state index is 11.4. The summed E-state index contributed by atoms with van der Waals surface area (Å²) >= 11 is 0. The van der Waals surface area contributed by atoms with Crippen molar-refractivity contribution >= 4 is 17.5 Å². The van der Waals surface area contributed by atoms with Crippen molar-refractivity contribution in [2.45, 2.75) is 6.54 Å². The number of aromatic nitrogens is 2. The molecule has 0 radical (unpaired) electrons. The Balaban J connectivity index is 2.06. The maximum absolute atomic E-state index is 11.4. The van der Waals surface area contributed by atoms with E-state index in [0.717, 1.165) is 17.1 Å². The molecule has 0 aliphatic rings. The number of carbonyl (C=O) groups excluding carboxylic acids is 1. The Labute approximate surface area is 117 Å². The van der Waals surface area contributed by atoms with E-state index in [9.17, 15) is 4.79 Å². The molecule has 106 valence electrons. The summed E-state index contributed by atoms with van der Waals surface area (Å²) in [6.07, 6.45) is 3.54. The van der Waals surface area contributed by atoms with Gasteiger partial charge in [-0.3, -0.25) is 0 Å². The average molecular weight is 274 g/mol. The fourth-order valence-electron chi connectivity index (χ4n) is 1.86. The normalized spacial score (nSPS) is 10.2. The minimum atomic E-state index is -0.369. The van der Waals surface area contributed by atoms with E-state index in [1.807, 2.05) is 31.1 Å². The first-order valence-electron chi connectivity index (χ1n) is 6.23. The number of nitrogens with one attached hydrogen (secondary N) is 2. The summed E-state index contributed by atoms with van der Waals surface area (Å²) in [4.78, 5) is 20.5. The number of carbonyl (C=O) groups is 1. The van der Waals surface area contributed by atoms with Crippen LogP contribution in [-0.4, -0.2) is 37.1 Å². The predicted molar refractivity (Wildman–Crippen MR) is 78.0 cm³/mol. The summed E-state index contributed by atoms with van der Waals surface area (Å²) in [7, 11) is 5.25. The van der Waals surface area contributed by atoms with Crippen molar-refractivity contribution in [1.29, 1.82) is 0 Å². The van der Waals surface area contributed by atoms with Gasteiger partial charge in [0.1, 0.15) is 5.69 Å². The number of pyridine rings is 1. The van der Waals surface area contributed by atoms with Crippen molar-refractivity contribution in [2.75, 3.05) is 31.4 Å². The highest BCUT2D eigenvalue weighted by molar-refractivity contribution is 5.87. The van der Waals surface area contributed by atoms with Gasteiger partial charge in [0.2, 0.25) is 0 Å². The van der Waals surface area contributed by atoms with Gasteiger partial charge in [-0.25, -0.2) is 9.78 Å². The SMILES string of the molecule is COC(=O)c1cc(CNc2cccnc2N(C)C)c[nH]1. The van der Waals surface area contributed by atoms with E-state index in [1.165, 1.54) is 7.11 Å². The molecule has 0 saturated heterocycles. The van der Waals surface area contributed by atoms with Crippen LogP contribution in [-0.2, 0) is 11.3 Å². The quantitative estimate of drug-likeness (QED) is 0.815.